The van der Waals surface area contributed by atoms with Gasteiger partial charge in [-0.1, -0.05) is 67.3 Å². The van der Waals surface area contributed by atoms with Gasteiger partial charge in [0.15, 0.2) is 5.65 Å². The summed E-state index contributed by atoms with van der Waals surface area (Å²) in [5, 5.41) is 6.57. The van der Waals surface area contributed by atoms with Gasteiger partial charge in [0.25, 0.3) is 5.91 Å². The van der Waals surface area contributed by atoms with Gasteiger partial charge >= 0.3 is 0 Å². The highest BCUT2D eigenvalue weighted by Gasteiger charge is 2.41. The average molecular weight is 1400 g/mol. The Bertz CT molecular complexity index is 4950. The van der Waals surface area contributed by atoms with Crippen molar-refractivity contribution in [3.63, 3.8) is 0 Å². The number of ether oxygens (including phenoxy) is 3. The first-order chi connectivity index (χ1) is 50.1. The molecule has 4 atom stereocenters. The smallest absolute Gasteiger partial charge is 0.298 e. The number of amides is 2. The van der Waals surface area contributed by atoms with E-state index in [1.54, 1.807) is 11.0 Å². The number of aliphatic imine (C=N–C) groups is 2. The van der Waals surface area contributed by atoms with Crippen molar-refractivity contribution in [1.29, 1.82) is 0 Å². The van der Waals surface area contributed by atoms with E-state index in [1.165, 1.54) is 19.0 Å². The van der Waals surface area contributed by atoms with Crippen molar-refractivity contribution in [2.45, 2.75) is 62.7 Å². The number of hydrogen-bond acceptors (Lipinski definition) is 20. The molecule has 5 aliphatic rings. The third kappa shape index (κ3) is 16.1. The summed E-state index contributed by atoms with van der Waals surface area (Å²) in [4.78, 5) is 66.5. The van der Waals surface area contributed by atoms with Crippen LogP contribution < -0.4 is 36.1 Å². The van der Waals surface area contributed by atoms with Gasteiger partial charge in [0, 0.05) is 78.8 Å². The van der Waals surface area contributed by atoms with E-state index in [9.17, 15) is 18.0 Å². The number of benzene rings is 6. The van der Waals surface area contributed by atoms with E-state index < -0.39 is 10.0 Å². The number of nitrogen functional groups attached to an aromatic ring is 3. The predicted molar refractivity (Wildman–Crippen MR) is 397 cm³/mol. The molecular formula is C78H77N17O7S. The fourth-order valence-electron chi connectivity index (χ4n) is 13.5. The highest BCUT2D eigenvalue weighted by atomic mass is 32.2. The van der Waals surface area contributed by atoms with E-state index in [2.05, 4.69) is 47.1 Å². The quantitative estimate of drug-likeness (QED) is 0.0458. The third-order valence-corrected chi connectivity index (χ3v) is 19.7. The lowest BCUT2D eigenvalue weighted by molar-refractivity contribution is -0.125. The van der Waals surface area contributed by atoms with Gasteiger partial charge in [-0.3, -0.25) is 19.6 Å². The van der Waals surface area contributed by atoms with Crippen molar-refractivity contribution in [2.24, 2.45) is 21.8 Å². The van der Waals surface area contributed by atoms with E-state index in [1.807, 2.05) is 198 Å². The zero-order valence-corrected chi connectivity index (χ0v) is 57.7. The Morgan fingerprint density at radius 3 is 1.49 bits per heavy atom. The van der Waals surface area contributed by atoms with Crippen LogP contribution in [0.25, 0.3) is 22.3 Å². The molecule has 0 spiro atoms. The number of carbonyl (C=O) groups is 2. The summed E-state index contributed by atoms with van der Waals surface area (Å²) >= 11 is 0. The summed E-state index contributed by atoms with van der Waals surface area (Å²) in [7, 11) is 0.502. The van der Waals surface area contributed by atoms with Crippen LogP contribution in [0.1, 0.15) is 90.3 Å². The number of carbonyl (C=O) groups excluding carboxylic acids is 2. The van der Waals surface area contributed by atoms with Crippen molar-refractivity contribution in [1.82, 2.24) is 59.1 Å². The number of para-hydroxylation sites is 3. The summed E-state index contributed by atoms with van der Waals surface area (Å²) < 4.78 is 46.0. The molecule has 2 saturated heterocycles. The number of fused-ring (bicyclic) bond motifs is 3. The van der Waals surface area contributed by atoms with Crippen LogP contribution in [0, 0.1) is 24.2 Å². The van der Waals surface area contributed by atoms with Gasteiger partial charge in [0.05, 0.1) is 57.4 Å². The van der Waals surface area contributed by atoms with Crippen LogP contribution in [0.4, 0.5) is 17.5 Å². The van der Waals surface area contributed by atoms with Crippen LogP contribution in [-0.2, 0) is 19.6 Å². The second-order valence-electron chi connectivity index (χ2n) is 25.7. The van der Waals surface area contributed by atoms with E-state index >= 15 is 0 Å². The molecule has 4 aliphatic heterocycles. The lowest BCUT2D eigenvalue weighted by Crippen LogP contribution is -2.37. The van der Waals surface area contributed by atoms with E-state index in [-0.39, 0.29) is 47.8 Å². The maximum Gasteiger partial charge on any atom is 0.298 e. The van der Waals surface area contributed by atoms with Gasteiger partial charge in [-0.15, -0.1) is 6.42 Å². The summed E-state index contributed by atoms with van der Waals surface area (Å²) in [6, 6.07) is 51.7. The molecule has 24 nitrogen and oxygen atoms in total. The minimum atomic E-state index is -3.45. The van der Waals surface area contributed by atoms with Gasteiger partial charge in [-0.05, 0) is 168 Å². The number of nitrogens with zero attached hydrogens (tertiary/aromatic N) is 13. The number of nitrogens with two attached hydrogens (primary N) is 3. The van der Waals surface area contributed by atoms with Gasteiger partial charge in [0.2, 0.25) is 15.9 Å². The van der Waals surface area contributed by atoms with Crippen molar-refractivity contribution in [2.75, 3.05) is 64.0 Å². The Morgan fingerprint density at radius 2 is 1.02 bits per heavy atom. The van der Waals surface area contributed by atoms with Crippen molar-refractivity contribution >= 4 is 61.7 Å². The molecule has 8 heterocycles. The second kappa shape index (κ2) is 31.3. The first kappa shape index (κ1) is 69.5. The highest BCUT2D eigenvalue weighted by Crippen LogP contribution is 2.44. The van der Waals surface area contributed by atoms with E-state index in [4.69, 9.17) is 52.9 Å². The average Bonchev–Trinajstić information content (AvgIpc) is 1.62. The number of terminal acetylenes is 1. The van der Waals surface area contributed by atoms with Gasteiger partial charge < -0.3 is 46.1 Å². The minimum absolute atomic E-state index is 0.0398. The maximum absolute atomic E-state index is 12.7. The van der Waals surface area contributed by atoms with Crippen LogP contribution >= 0.6 is 0 Å². The molecule has 4 aromatic heterocycles. The first-order valence-electron chi connectivity index (χ1n) is 33.9. The molecule has 522 valence electrons. The SMILES string of the molecule is C#CC(=O)N1CCC(C2N=C(c3ccc(Oc4ccccc4)cc3)c3c(N)ncnc32)C1.C=CS(=O)(=O)NC1CCC(n2nc(-c3ccc(Oc4ccccc4)cc3)c3c(N)ncnc32)CC1.CN(C)C/C=C/C(=O)N1CCC(C2N=C(c3ccc(Oc4ccccc4)cc3)c3c(N)ncnc32)C1. The molecule has 7 N–H and O–H groups in total. The van der Waals surface area contributed by atoms with Crippen molar-refractivity contribution < 1.29 is 32.2 Å². The molecule has 6 aromatic carbocycles. The lowest BCUT2D eigenvalue weighted by atomic mass is 9.92. The Hall–Kier alpha value is -12.0. The molecule has 15 rings (SSSR count). The number of anilines is 3. The number of likely N-dealkylation sites (N-methyl/N-ethyl adjacent to an activating group) is 1. The molecule has 25 heteroatoms. The Morgan fingerprint density at radius 1 is 0.583 bits per heavy atom. The molecular weight excluding hydrogens is 1320 g/mol. The summed E-state index contributed by atoms with van der Waals surface area (Å²) in [6.45, 7) is 6.62. The highest BCUT2D eigenvalue weighted by molar-refractivity contribution is 7.92. The predicted octanol–water partition coefficient (Wildman–Crippen LogP) is 11.3. The molecule has 0 radical (unpaired) electrons. The number of rotatable bonds is 18. The van der Waals surface area contributed by atoms with E-state index in [0.717, 1.165) is 117 Å². The van der Waals surface area contributed by atoms with Crippen LogP contribution in [0.5, 0.6) is 34.5 Å². The molecule has 10 aromatic rings. The van der Waals surface area contributed by atoms with E-state index in [0.29, 0.717) is 79.0 Å². The topological polar surface area (TPSA) is 316 Å². The number of aromatic nitrogens is 8. The Kier molecular flexibility index (Phi) is 21.1. The van der Waals surface area contributed by atoms with Crippen LogP contribution in [-0.4, -0.2) is 139 Å². The zero-order valence-electron chi connectivity index (χ0n) is 56.9. The summed E-state index contributed by atoms with van der Waals surface area (Å²) in [6.07, 6.45) is 17.8. The monoisotopic (exact) mass is 1400 g/mol. The van der Waals surface area contributed by atoms with Crippen molar-refractivity contribution in [3.8, 4) is 58.1 Å². The minimum Gasteiger partial charge on any atom is -0.457 e. The lowest BCUT2D eigenvalue weighted by Gasteiger charge is -2.28. The molecule has 1 saturated carbocycles. The standard InChI is InChI=1S/C28H30N6O2.C25H26N6O3S.C25H21N5O2/c1-33(2)15-6-9-23(35)34-16-14-20(17-34)26-27-24(28(29)31-18-30-27)25(32-26)19-10-12-22(13-11-19)36-21-7-4-3-5-8-21;1-2-35(32,33)30-18-10-12-19(13-11-18)31-25-22(24(26)27-16-28-25)23(29-31)17-8-14-21(15-9-17)34-20-6-4-3-5-7-20;1-2-20(31)30-13-12-17(14-30)23-24-21(25(26)28-15-27-24)22(29-23)16-8-10-19(11-9-16)32-18-6-4-3-5-7-18/h3-13,18,20,26H,14-17H2,1-2H3,(H2,29,30,31);2-9,14-16,18-19,30H,1,10-13H2,(H2,26,27,28);1,3-11,15,17,23H,12-14H2,(H2,26,27,28)/b9-6+;;. The molecule has 103 heavy (non-hydrogen) atoms. The number of nitrogens with one attached hydrogen (secondary N) is 1. The third-order valence-electron chi connectivity index (χ3n) is 18.6. The van der Waals surface area contributed by atoms with Crippen molar-refractivity contribution in [3.05, 3.63) is 241 Å². The van der Waals surface area contributed by atoms with Gasteiger partial charge in [-0.2, -0.15) is 5.10 Å². The maximum atomic E-state index is 12.7. The van der Waals surface area contributed by atoms with Gasteiger partial charge in [-0.25, -0.2) is 47.7 Å². The van der Waals surface area contributed by atoms with Crippen LogP contribution in [0.3, 0.4) is 0 Å². The molecule has 0 bridgehead atoms. The first-order valence-corrected chi connectivity index (χ1v) is 35.5. The summed E-state index contributed by atoms with van der Waals surface area (Å²) in [5.74, 6) is 7.93. The molecule has 3 fully saturated rings. The fourth-order valence-corrected chi connectivity index (χ4v) is 14.3. The molecule has 4 unspecified atom stereocenters. The summed E-state index contributed by atoms with van der Waals surface area (Å²) in [5.41, 5.74) is 27.6. The van der Waals surface area contributed by atoms with Crippen LogP contribution in [0.2, 0.25) is 0 Å². The number of sulfonamides is 1. The Labute approximate surface area is 597 Å². The Balaban J connectivity index is 0.000000138. The van der Waals surface area contributed by atoms with Crippen LogP contribution in [0.15, 0.2) is 217 Å². The number of likely N-dealkylation sites (tertiary alicyclic amines) is 2. The van der Waals surface area contributed by atoms with Gasteiger partial charge in [0.1, 0.15) is 76.6 Å². The molecule has 1 aliphatic carbocycles. The largest absolute Gasteiger partial charge is 0.457 e. The normalized spacial score (nSPS) is 18.9. The molecule has 2 amide bonds. The number of hydrogen-bond donors (Lipinski definition) is 4. The fraction of sp³-hybridized carbons (Fsp3) is 0.244. The zero-order chi connectivity index (χ0) is 71.6. The second-order valence-corrected chi connectivity index (χ2v) is 27.4.